The molecular weight excluding hydrogens is 316 g/mol. The summed E-state index contributed by atoms with van der Waals surface area (Å²) < 4.78 is 0. The monoisotopic (exact) mass is 346 g/mol. The number of rotatable bonds is 7. The van der Waals surface area contributed by atoms with E-state index in [1.165, 1.54) is 0 Å². The Hall–Kier alpha value is -1.88. The van der Waals surface area contributed by atoms with Crippen LogP contribution in [0.3, 0.4) is 0 Å². The maximum Gasteiger partial charge on any atom is 0.225 e. The molecule has 5 heteroatoms. The second kappa shape index (κ2) is 9.56. The zero-order valence-electron chi connectivity index (χ0n) is 15.3. The second-order valence-electron chi connectivity index (χ2n) is 6.98. The van der Waals surface area contributed by atoms with Crippen molar-refractivity contribution in [2.24, 2.45) is 5.92 Å². The number of carbonyl (C=O) groups excluding carboxylic acids is 2. The molecule has 1 aliphatic rings. The van der Waals surface area contributed by atoms with Gasteiger partial charge in [-0.2, -0.15) is 0 Å². The predicted molar refractivity (Wildman–Crippen MR) is 98.0 cm³/mol. The molecule has 3 unspecified atom stereocenters. The van der Waals surface area contributed by atoms with Gasteiger partial charge >= 0.3 is 0 Å². The molecule has 1 aromatic rings. The van der Waals surface area contributed by atoms with Crippen molar-refractivity contribution in [3.8, 4) is 0 Å². The molecule has 0 bridgehead atoms. The SMILES string of the molecule is CCCC(=O)N1CCCC(C(=O)NC(C)C(O)Cc2ccccc2)C1. The molecule has 1 saturated heterocycles. The van der Waals surface area contributed by atoms with Gasteiger partial charge < -0.3 is 15.3 Å². The smallest absolute Gasteiger partial charge is 0.225 e. The Morgan fingerprint density at radius 3 is 2.72 bits per heavy atom. The summed E-state index contributed by atoms with van der Waals surface area (Å²) in [6, 6.07) is 9.43. The van der Waals surface area contributed by atoms with Crippen LogP contribution in [0.1, 0.15) is 45.1 Å². The van der Waals surface area contributed by atoms with Gasteiger partial charge in [-0.3, -0.25) is 9.59 Å². The first-order valence-electron chi connectivity index (χ1n) is 9.31. The average molecular weight is 346 g/mol. The van der Waals surface area contributed by atoms with E-state index in [1.54, 1.807) is 0 Å². The van der Waals surface area contributed by atoms with Crippen LogP contribution in [0.2, 0.25) is 0 Å². The summed E-state index contributed by atoms with van der Waals surface area (Å²) >= 11 is 0. The Morgan fingerprint density at radius 1 is 1.32 bits per heavy atom. The fraction of sp³-hybridized carbons (Fsp3) is 0.600. The number of aliphatic hydroxyl groups is 1. The summed E-state index contributed by atoms with van der Waals surface area (Å²) in [6.07, 6.45) is 2.90. The molecule has 2 rings (SSSR count). The minimum absolute atomic E-state index is 0.0615. The number of hydrogen-bond donors (Lipinski definition) is 2. The molecule has 1 aliphatic heterocycles. The van der Waals surface area contributed by atoms with Gasteiger partial charge in [0.15, 0.2) is 0 Å². The number of nitrogens with one attached hydrogen (secondary N) is 1. The summed E-state index contributed by atoms with van der Waals surface area (Å²) in [4.78, 5) is 26.4. The molecule has 1 aromatic carbocycles. The van der Waals surface area contributed by atoms with E-state index in [-0.39, 0.29) is 23.8 Å². The fourth-order valence-electron chi connectivity index (χ4n) is 3.26. The lowest BCUT2D eigenvalue weighted by molar-refractivity contribution is -0.136. The zero-order chi connectivity index (χ0) is 18.2. The van der Waals surface area contributed by atoms with Gasteiger partial charge in [-0.25, -0.2) is 0 Å². The van der Waals surface area contributed by atoms with Crippen molar-refractivity contribution in [2.75, 3.05) is 13.1 Å². The van der Waals surface area contributed by atoms with Crippen LogP contribution in [-0.2, 0) is 16.0 Å². The van der Waals surface area contributed by atoms with Crippen molar-refractivity contribution < 1.29 is 14.7 Å². The molecule has 1 heterocycles. The van der Waals surface area contributed by atoms with Gasteiger partial charge in [0.2, 0.25) is 11.8 Å². The number of hydrogen-bond acceptors (Lipinski definition) is 3. The van der Waals surface area contributed by atoms with Crippen molar-refractivity contribution in [3.05, 3.63) is 35.9 Å². The van der Waals surface area contributed by atoms with Gasteiger partial charge in [0.25, 0.3) is 0 Å². The van der Waals surface area contributed by atoms with Crippen LogP contribution in [0.4, 0.5) is 0 Å². The number of benzene rings is 1. The van der Waals surface area contributed by atoms with Crippen molar-refractivity contribution in [1.82, 2.24) is 10.2 Å². The molecule has 1 fully saturated rings. The first-order chi connectivity index (χ1) is 12.0. The summed E-state index contributed by atoms with van der Waals surface area (Å²) in [5.74, 6) is -0.105. The van der Waals surface area contributed by atoms with Crippen molar-refractivity contribution >= 4 is 11.8 Å². The molecule has 0 radical (unpaired) electrons. The Kier molecular flexibility index (Phi) is 7.44. The molecule has 0 spiro atoms. The highest BCUT2D eigenvalue weighted by Crippen LogP contribution is 2.18. The van der Waals surface area contributed by atoms with Crippen LogP contribution >= 0.6 is 0 Å². The van der Waals surface area contributed by atoms with E-state index in [0.29, 0.717) is 19.4 Å². The van der Waals surface area contributed by atoms with Crippen LogP contribution in [0.25, 0.3) is 0 Å². The summed E-state index contributed by atoms with van der Waals surface area (Å²) in [6.45, 7) is 5.05. The standard InChI is InChI=1S/C20H30N2O3/c1-3-8-19(24)22-12-7-11-17(14-22)20(25)21-15(2)18(23)13-16-9-5-4-6-10-16/h4-6,9-10,15,17-18,23H,3,7-8,11-14H2,1-2H3,(H,21,25). The van der Waals surface area contributed by atoms with Gasteiger partial charge in [0.1, 0.15) is 0 Å². The molecule has 5 nitrogen and oxygen atoms in total. The zero-order valence-corrected chi connectivity index (χ0v) is 15.3. The largest absolute Gasteiger partial charge is 0.391 e. The topological polar surface area (TPSA) is 69.6 Å². The van der Waals surface area contributed by atoms with Gasteiger partial charge in [0, 0.05) is 25.9 Å². The Balaban J connectivity index is 1.84. The van der Waals surface area contributed by atoms with E-state index < -0.39 is 6.10 Å². The van der Waals surface area contributed by atoms with Gasteiger partial charge in [0.05, 0.1) is 18.1 Å². The van der Waals surface area contributed by atoms with Gasteiger partial charge in [-0.05, 0) is 31.7 Å². The van der Waals surface area contributed by atoms with Crippen molar-refractivity contribution in [1.29, 1.82) is 0 Å². The second-order valence-corrected chi connectivity index (χ2v) is 6.98. The maximum atomic E-state index is 12.5. The summed E-state index contributed by atoms with van der Waals surface area (Å²) in [7, 11) is 0. The number of amides is 2. The van der Waals surface area contributed by atoms with E-state index in [4.69, 9.17) is 0 Å². The Labute approximate surface area is 150 Å². The first-order valence-corrected chi connectivity index (χ1v) is 9.31. The Morgan fingerprint density at radius 2 is 2.04 bits per heavy atom. The molecule has 0 saturated carbocycles. The molecule has 0 aliphatic carbocycles. The average Bonchev–Trinajstić information content (AvgIpc) is 2.62. The van der Waals surface area contributed by atoms with Crippen molar-refractivity contribution in [2.45, 2.75) is 58.1 Å². The highest BCUT2D eigenvalue weighted by Gasteiger charge is 2.29. The molecule has 0 aromatic heterocycles. The fourth-order valence-corrected chi connectivity index (χ4v) is 3.26. The lowest BCUT2D eigenvalue weighted by Gasteiger charge is -2.33. The van der Waals surface area contributed by atoms with Crippen LogP contribution in [0.5, 0.6) is 0 Å². The summed E-state index contributed by atoms with van der Waals surface area (Å²) in [5.41, 5.74) is 1.05. The number of likely N-dealkylation sites (tertiary alicyclic amines) is 1. The van der Waals surface area contributed by atoms with Gasteiger partial charge in [-0.15, -0.1) is 0 Å². The van der Waals surface area contributed by atoms with Crippen LogP contribution in [0, 0.1) is 5.92 Å². The van der Waals surface area contributed by atoms with Crippen molar-refractivity contribution in [3.63, 3.8) is 0 Å². The quantitative estimate of drug-likeness (QED) is 0.795. The lowest BCUT2D eigenvalue weighted by Crippen LogP contribution is -2.49. The molecule has 3 atom stereocenters. The summed E-state index contributed by atoms with van der Waals surface area (Å²) in [5, 5.41) is 13.3. The van der Waals surface area contributed by atoms with E-state index in [0.717, 1.165) is 31.4 Å². The molecule has 2 amide bonds. The van der Waals surface area contributed by atoms with E-state index >= 15 is 0 Å². The van der Waals surface area contributed by atoms with E-state index in [1.807, 2.05) is 49.1 Å². The third-order valence-electron chi connectivity index (χ3n) is 4.84. The van der Waals surface area contributed by atoms with Crippen LogP contribution < -0.4 is 5.32 Å². The third-order valence-corrected chi connectivity index (χ3v) is 4.84. The van der Waals surface area contributed by atoms with Crippen LogP contribution in [0.15, 0.2) is 30.3 Å². The minimum Gasteiger partial charge on any atom is -0.391 e. The highest BCUT2D eigenvalue weighted by molar-refractivity contribution is 5.81. The van der Waals surface area contributed by atoms with Gasteiger partial charge in [-0.1, -0.05) is 37.3 Å². The van der Waals surface area contributed by atoms with Crippen LogP contribution in [-0.4, -0.2) is 47.1 Å². The van der Waals surface area contributed by atoms with E-state index in [2.05, 4.69) is 5.32 Å². The van der Waals surface area contributed by atoms with E-state index in [9.17, 15) is 14.7 Å². The highest BCUT2D eigenvalue weighted by atomic mass is 16.3. The first kappa shape index (κ1) is 19.4. The number of carbonyl (C=O) groups is 2. The predicted octanol–water partition coefficient (Wildman–Crippen LogP) is 2.13. The molecule has 25 heavy (non-hydrogen) atoms. The number of aliphatic hydroxyl groups excluding tert-OH is 1. The Bertz CT molecular complexity index is 561. The number of piperidine rings is 1. The maximum absolute atomic E-state index is 12.5. The molecule has 138 valence electrons. The minimum atomic E-state index is -0.632. The molecular formula is C20H30N2O3. The number of nitrogens with zero attached hydrogens (tertiary/aromatic N) is 1. The third kappa shape index (κ3) is 5.85. The normalized spacial score (nSPS) is 20.0. The molecule has 2 N–H and O–H groups in total. The lowest BCUT2D eigenvalue weighted by atomic mass is 9.95.